The number of aromatic nitrogens is 5. The van der Waals surface area contributed by atoms with Gasteiger partial charge < -0.3 is 14.8 Å². The van der Waals surface area contributed by atoms with E-state index in [2.05, 4.69) is 30.6 Å². The molecule has 1 aliphatic rings. The lowest BCUT2D eigenvalue weighted by Gasteiger charge is -2.28. The number of imidazole rings is 1. The Kier molecular flexibility index (Phi) is 9.54. The summed E-state index contributed by atoms with van der Waals surface area (Å²) < 4.78 is 67.7. The summed E-state index contributed by atoms with van der Waals surface area (Å²) in [4.78, 5) is 29.0. The van der Waals surface area contributed by atoms with Crippen LogP contribution in [0.1, 0.15) is 17.1 Å². The number of carboxylic acid groups (broad SMARTS) is 2. The van der Waals surface area contributed by atoms with E-state index in [1.807, 2.05) is 47.8 Å². The highest BCUT2D eigenvalue weighted by molar-refractivity contribution is 5.73. The zero-order valence-corrected chi connectivity index (χ0v) is 18.3. The first kappa shape index (κ1) is 28.3. The summed E-state index contributed by atoms with van der Waals surface area (Å²) in [7, 11) is 0. The molecule has 0 unspecified atom stereocenters. The van der Waals surface area contributed by atoms with Gasteiger partial charge in [-0.1, -0.05) is 6.07 Å². The zero-order chi connectivity index (χ0) is 26.9. The number of alkyl halides is 6. The lowest BCUT2D eigenvalue weighted by Crippen LogP contribution is -2.34. The highest BCUT2D eigenvalue weighted by Crippen LogP contribution is 2.17. The number of carboxylic acids is 2. The lowest BCUT2D eigenvalue weighted by molar-refractivity contribution is -0.193. The Morgan fingerprint density at radius 3 is 2.06 bits per heavy atom. The van der Waals surface area contributed by atoms with E-state index in [1.165, 1.54) is 11.3 Å². The number of hydrogen-bond donors (Lipinski definition) is 2. The van der Waals surface area contributed by atoms with Crippen molar-refractivity contribution in [1.82, 2.24) is 29.2 Å². The maximum absolute atomic E-state index is 10.6. The van der Waals surface area contributed by atoms with Gasteiger partial charge in [0, 0.05) is 44.4 Å². The predicted octanol–water partition coefficient (Wildman–Crippen LogP) is 2.81. The van der Waals surface area contributed by atoms with Crippen LogP contribution in [0.5, 0.6) is 0 Å². The maximum Gasteiger partial charge on any atom is 0.490 e. The molecule has 0 aromatic carbocycles. The third-order valence-electron chi connectivity index (χ3n) is 4.52. The summed E-state index contributed by atoms with van der Waals surface area (Å²) in [6.07, 6.45) is -0.649. The highest BCUT2D eigenvalue weighted by atomic mass is 19.4. The summed E-state index contributed by atoms with van der Waals surface area (Å²) in [6.45, 7) is 4.60. The first-order valence-corrected chi connectivity index (χ1v) is 9.99. The number of fused-ring (bicyclic) bond motifs is 1. The Labute approximate surface area is 199 Å². The van der Waals surface area contributed by atoms with E-state index in [-0.39, 0.29) is 0 Å². The lowest BCUT2D eigenvalue weighted by atomic mass is 10.2. The van der Waals surface area contributed by atoms with Gasteiger partial charge in [0.25, 0.3) is 0 Å². The van der Waals surface area contributed by atoms with Gasteiger partial charge in [-0.15, -0.1) is 0 Å². The average Bonchev–Trinajstić information content (AvgIpc) is 3.44. The molecular formula is C20H20F6N6O4. The molecule has 0 bridgehead atoms. The van der Waals surface area contributed by atoms with E-state index in [1.54, 1.807) is 0 Å². The molecule has 16 heteroatoms. The standard InChI is InChI=1S/C16H18N6.2C2HF3O2/c1-3-14(9-17-4-1)11-20-7-8-22-15(10-18-16(22)13-20)12-21-6-2-5-19-21;2*3-2(4,5)1(6)7/h1-6,9-10H,7-8,11-13H2;2*(H,6,7). The Morgan fingerprint density at radius 2 is 1.56 bits per heavy atom. The largest absolute Gasteiger partial charge is 0.490 e. The van der Waals surface area contributed by atoms with Crippen molar-refractivity contribution in [2.24, 2.45) is 0 Å². The summed E-state index contributed by atoms with van der Waals surface area (Å²) in [6, 6.07) is 6.06. The molecular weight excluding hydrogens is 502 g/mol. The number of halogens is 6. The molecule has 3 aromatic heterocycles. The van der Waals surface area contributed by atoms with Gasteiger partial charge in [-0.3, -0.25) is 14.6 Å². The first-order chi connectivity index (χ1) is 16.8. The topological polar surface area (TPSA) is 126 Å². The van der Waals surface area contributed by atoms with E-state index in [0.717, 1.165) is 38.5 Å². The van der Waals surface area contributed by atoms with Gasteiger partial charge in [0.15, 0.2) is 0 Å². The van der Waals surface area contributed by atoms with Gasteiger partial charge >= 0.3 is 24.3 Å². The molecule has 0 aliphatic carbocycles. The van der Waals surface area contributed by atoms with Gasteiger partial charge in [0.1, 0.15) is 5.82 Å². The molecule has 0 radical (unpaired) electrons. The van der Waals surface area contributed by atoms with Crippen LogP contribution in [0.3, 0.4) is 0 Å². The molecule has 36 heavy (non-hydrogen) atoms. The van der Waals surface area contributed by atoms with E-state index in [0.29, 0.717) is 0 Å². The minimum absolute atomic E-state index is 0.780. The predicted molar refractivity (Wildman–Crippen MR) is 109 cm³/mol. The second-order valence-electron chi connectivity index (χ2n) is 7.20. The van der Waals surface area contributed by atoms with E-state index in [9.17, 15) is 26.3 Å². The van der Waals surface area contributed by atoms with Gasteiger partial charge in [0.2, 0.25) is 0 Å². The minimum Gasteiger partial charge on any atom is -0.475 e. The Bertz CT molecular complexity index is 1090. The van der Waals surface area contributed by atoms with E-state index in [4.69, 9.17) is 19.8 Å². The van der Waals surface area contributed by atoms with Gasteiger partial charge in [-0.05, 0) is 17.7 Å². The van der Waals surface area contributed by atoms with Crippen molar-refractivity contribution >= 4 is 11.9 Å². The molecule has 0 spiro atoms. The summed E-state index contributed by atoms with van der Waals surface area (Å²) in [5.41, 5.74) is 2.47. The summed E-state index contributed by atoms with van der Waals surface area (Å²) in [5, 5.41) is 18.5. The summed E-state index contributed by atoms with van der Waals surface area (Å²) in [5.74, 6) is -4.38. The number of aliphatic carboxylic acids is 2. The summed E-state index contributed by atoms with van der Waals surface area (Å²) >= 11 is 0. The Balaban J connectivity index is 0.000000271. The fraction of sp³-hybridized carbons (Fsp3) is 0.350. The molecule has 10 nitrogen and oxygen atoms in total. The smallest absolute Gasteiger partial charge is 0.475 e. The molecule has 0 saturated heterocycles. The molecule has 1 aliphatic heterocycles. The fourth-order valence-electron chi connectivity index (χ4n) is 2.94. The average molecular weight is 522 g/mol. The van der Waals surface area contributed by atoms with Crippen LogP contribution in [0.4, 0.5) is 26.3 Å². The van der Waals surface area contributed by atoms with Crippen molar-refractivity contribution in [2.75, 3.05) is 6.54 Å². The van der Waals surface area contributed by atoms with Gasteiger partial charge in [-0.2, -0.15) is 31.4 Å². The molecule has 4 heterocycles. The molecule has 0 saturated carbocycles. The van der Waals surface area contributed by atoms with Crippen LogP contribution in [0, 0.1) is 0 Å². The molecule has 3 aromatic rings. The molecule has 2 N–H and O–H groups in total. The molecule has 0 amide bonds. The Hall–Kier alpha value is -3.95. The van der Waals surface area contributed by atoms with Crippen LogP contribution in [0.25, 0.3) is 0 Å². The molecule has 4 rings (SSSR count). The van der Waals surface area contributed by atoms with Crippen molar-refractivity contribution in [2.45, 2.75) is 38.5 Å². The van der Waals surface area contributed by atoms with E-state index >= 15 is 0 Å². The maximum atomic E-state index is 10.6. The van der Waals surface area contributed by atoms with Crippen molar-refractivity contribution in [3.05, 3.63) is 66.3 Å². The second kappa shape index (κ2) is 12.1. The van der Waals surface area contributed by atoms with Crippen LogP contribution in [-0.2, 0) is 35.8 Å². The molecule has 196 valence electrons. The molecule has 0 atom stereocenters. The minimum atomic E-state index is -5.08. The number of pyridine rings is 1. The SMILES string of the molecule is O=C(O)C(F)(F)F.O=C(O)C(F)(F)F.c1cncc(CN2CCn3c(Cn4cccn4)cnc3C2)c1. The van der Waals surface area contributed by atoms with Crippen LogP contribution in [0.2, 0.25) is 0 Å². The normalized spacial score (nSPS) is 13.5. The number of hydrogen-bond acceptors (Lipinski definition) is 6. The highest BCUT2D eigenvalue weighted by Gasteiger charge is 2.38. The second-order valence-corrected chi connectivity index (χ2v) is 7.20. The van der Waals surface area contributed by atoms with Crippen molar-refractivity contribution < 1.29 is 46.1 Å². The number of carbonyl (C=O) groups is 2. The first-order valence-electron chi connectivity index (χ1n) is 9.99. The fourth-order valence-corrected chi connectivity index (χ4v) is 2.94. The number of rotatable bonds is 4. The van der Waals surface area contributed by atoms with Crippen molar-refractivity contribution in [1.29, 1.82) is 0 Å². The van der Waals surface area contributed by atoms with Gasteiger partial charge in [-0.25, -0.2) is 14.6 Å². The third kappa shape index (κ3) is 9.01. The van der Waals surface area contributed by atoms with Crippen molar-refractivity contribution in [3.63, 3.8) is 0 Å². The van der Waals surface area contributed by atoms with E-state index < -0.39 is 24.3 Å². The van der Waals surface area contributed by atoms with Crippen LogP contribution in [0.15, 0.2) is 49.2 Å². The number of nitrogens with zero attached hydrogens (tertiary/aromatic N) is 6. The monoisotopic (exact) mass is 522 g/mol. The zero-order valence-electron chi connectivity index (χ0n) is 18.3. The van der Waals surface area contributed by atoms with Crippen molar-refractivity contribution in [3.8, 4) is 0 Å². The Morgan fingerprint density at radius 1 is 0.917 bits per heavy atom. The molecule has 0 fully saturated rings. The quantitative estimate of drug-likeness (QED) is 0.501. The van der Waals surface area contributed by atoms with Gasteiger partial charge in [0.05, 0.1) is 25.0 Å². The van der Waals surface area contributed by atoms with Crippen LogP contribution >= 0.6 is 0 Å². The third-order valence-corrected chi connectivity index (χ3v) is 4.52. The van der Waals surface area contributed by atoms with Crippen LogP contribution in [-0.4, -0.2) is 70.3 Å². The van der Waals surface area contributed by atoms with Crippen LogP contribution < -0.4 is 0 Å².